The van der Waals surface area contributed by atoms with Crippen LogP contribution < -0.4 is 0 Å². The van der Waals surface area contributed by atoms with Gasteiger partial charge >= 0.3 is 0 Å². The van der Waals surface area contributed by atoms with E-state index in [1.165, 1.54) is 0 Å². The number of nitriles is 1. The molecule has 0 saturated heterocycles. The van der Waals surface area contributed by atoms with Crippen molar-refractivity contribution in [2.75, 3.05) is 0 Å². The number of Topliss-reactive ketones (excluding diaryl/α,β-unsaturated/α-hetero) is 1. The third kappa shape index (κ3) is 2.36. The zero-order valence-corrected chi connectivity index (χ0v) is 7.26. The lowest BCUT2D eigenvalue weighted by atomic mass is 10.1. The molecule has 0 spiro atoms. The summed E-state index contributed by atoms with van der Waals surface area (Å²) in [5.74, 6) is -1.97. The van der Waals surface area contributed by atoms with E-state index in [2.05, 4.69) is 0 Å². The Morgan fingerprint density at radius 1 is 1.43 bits per heavy atom. The molecule has 0 aliphatic heterocycles. The minimum Gasteiger partial charge on any atom is -0.294 e. The van der Waals surface area contributed by atoms with Crippen molar-refractivity contribution in [3.05, 3.63) is 35.4 Å². The van der Waals surface area contributed by atoms with E-state index in [0.717, 1.165) is 18.2 Å². The molecule has 0 aliphatic rings. The fourth-order valence-electron chi connectivity index (χ4n) is 1.02. The van der Waals surface area contributed by atoms with Gasteiger partial charge in [-0.15, -0.1) is 0 Å². The molecule has 1 rings (SSSR count). The highest BCUT2D eigenvalue weighted by Gasteiger charge is 2.11. The van der Waals surface area contributed by atoms with Crippen LogP contribution in [0.25, 0.3) is 0 Å². The summed E-state index contributed by atoms with van der Waals surface area (Å²) in [4.78, 5) is 11.2. The van der Waals surface area contributed by atoms with Crippen LogP contribution in [0.15, 0.2) is 18.2 Å². The summed E-state index contributed by atoms with van der Waals surface area (Å²) >= 11 is 0. The molecule has 4 heteroatoms. The van der Waals surface area contributed by atoms with Gasteiger partial charge in [0.1, 0.15) is 11.6 Å². The van der Waals surface area contributed by atoms with E-state index in [1.54, 1.807) is 6.07 Å². The Balaban J connectivity index is 2.90. The predicted octanol–water partition coefficient (Wildman–Crippen LogP) is 2.45. The van der Waals surface area contributed by atoms with Crippen molar-refractivity contribution in [3.63, 3.8) is 0 Å². The molecule has 1 aromatic rings. The van der Waals surface area contributed by atoms with Gasteiger partial charge in [-0.2, -0.15) is 5.26 Å². The average molecular weight is 195 g/mol. The highest BCUT2D eigenvalue weighted by Crippen LogP contribution is 2.12. The number of carbonyl (C=O) groups is 1. The van der Waals surface area contributed by atoms with E-state index in [1.807, 2.05) is 0 Å². The third-order valence-corrected chi connectivity index (χ3v) is 1.69. The quantitative estimate of drug-likeness (QED) is 0.695. The second-order valence-electron chi connectivity index (χ2n) is 2.71. The number of ketones is 1. The number of hydrogen-bond donors (Lipinski definition) is 0. The molecular weight excluding hydrogens is 188 g/mol. The molecule has 0 radical (unpaired) electrons. The molecule has 0 heterocycles. The Morgan fingerprint density at radius 2 is 2.14 bits per heavy atom. The van der Waals surface area contributed by atoms with Gasteiger partial charge in [0.15, 0.2) is 5.78 Å². The molecule has 0 unspecified atom stereocenters. The highest BCUT2D eigenvalue weighted by molar-refractivity contribution is 5.96. The second kappa shape index (κ2) is 4.47. The Hall–Kier alpha value is -1.76. The van der Waals surface area contributed by atoms with Gasteiger partial charge in [0.2, 0.25) is 0 Å². The fourth-order valence-corrected chi connectivity index (χ4v) is 1.02. The molecule has 1 aromatic carbocycles. The Morgan fingerprint density at radius 3 is 2.79 bits per heavy atom. The molecule has 0 amide bonds. The summed E-state index contributed by atoms with van der Waals surface area (Å²) in [6.45, 7) is 0. The smallest absolute Gasteiger partial charge is 0.166 e. The van der Waals surface area contributed by atoms with Crippen molar-refractivity contribution in [3.8, 4) is 6.07 Å². The Bertz CT molecular complexity index is 396. The SMILES string of the molecule is N#CCCC(=O)c1cc(F)ccc1F. The van der Waals surface area contributed by atoms with Crippen molar-refractivity contribution in [2.45, 2.75) is 12.8 Å². The van der Waals surface area contributed by atoms with Gasteiger partial charge in [0, 0.05) is 12.8 Å². The van der Waals surface area contributed by atoms with Crippen LogP contribution in [0.5, 0.6) is 0 Å². The molecule has 14 heavy (non-hydrogen) atoms. The molecule has 0 saturated carbocycles. The van der Waals surface area contributed by atoms with E-state index >= 15 is 0 Å². The number of hydrogen-bond acceptors (Lipinski definition) is 2. The van der Waals surface area contributed by atoms with E-state index in [0.29, 0.717) is 0 Å². The summed E-state index contributed by atoms with van der Waals surface area (Å²) in [5.41, 5.74) is -0.291. The van der Waals surface area contributed by atoms with Gasteiger partial charge in [-0.1, -0.05) is 0 Å². The van der Waals surface area contributed by atoms with E-state index < -0.39 is 17.4 Å². The third-order valence-electron chi connectivity index (χ3n) is 1.69. The Kier molecular flexibility index (Phi) is 3.29. The van der Waals surface area contributed by atoms with E-state index in [4.69, 9.17) is 5.26 Å². The van der Waals surface area contributed by atoms with Crippen LogP contribution in [0.2, 0.25) is 0 Å². The molecule has 0 atom stereocenters. The zero-order chi connectivity index (χ0) is 10.6. The first-order chi connectivity index (χ1) is 6.65. The van der Waals surface area contributed by atoms with Crippen molar-refractivity contribution in [2.24, 2.45) is 0 Å². The fraction of sp³-hybridized carbons (Fsp3) is 0.200. The van der Waals surface area contributed by atoms with Gasteiger partial charge in [-0.3, -0.25) is 4.79 Å². The maximum absolute atomic E-state index is 13.0. The lowest BCUT2D eigenvalue weighted by Gasteiger charge is -2.00. The predicted molar refractivity (Wildman–Crippen MR) is 45.5 cm³/mol. The first kappa shape index (κ1) is 10.3. The molecule has 0 aliphatic carbocycles. The van der Waals surface area contributed by atoms with Gasteiger partial charge in [-0.25, -0.2) is 8.78 Å². The number of carbonyl (C=O) groups excluding carboxylic acids is 1. The van der Waals surface area contributed by atoms with Crippen molar-refractivity contribution < 1.29 is 13.6 Å². The summed E-state index contributed by atoms with van der Waals surface area (Å²) in [6.07, 6.45) is -0.0777. The first-order valence-corrected chi connectivity index (χ1v) is 4.00. The van der Waals surface area contributed by atoms with Crippen LogP contribution in [0.3, 0.4) is 0 Å². The van der Waals surface area contributed by atoms with Gasteiger partial charge in [0.05, 0.1) is 11.6 Å². The molecule has 0 bridgehead atoms. The van der Waals surface area contributed by atoms with Gasteiger partial charge < -0.3 is 0 Å². The lowest BCUT2D eigenvalue weighted by Crippen LogP contribution is -2.02. The maximum atomic E-state index is 13.0. The largest absolute Gasteiger partial charge is 0.294 e. The monoisotopic (exact) mass is 195 g/mol. The van der Waals surface area contributed by atoms with Crippen LogP contribution in [-0.4, -0.2) is 5.78 Å². The molecule has 72 valence electrons. The molecular formula is C10H7F2NO. The normalized spacial score (nSPS) is 9.50. The highest BCUT2D eigenvalue weighted by atomic mass is 19.1. The summed E-state index contributed by atoms with van der Waals surface area (Å²) in [7, 11) is 0. The number of nitrogens with zero attached hydrogens (tertiary/aromatic N) is 1. The van der Waals surface area contributed by atoms with Crippen LogP contribution in [0.1, 0.15) is 23.2 Å². The van der Waals surface area contributed by atoms with Crippen molar-refractivity contribution in [1.82, 2.24) is 0 Å². The summed E-state index contributed by atoms with van der Waals surface area (Å²) in [6, 6.07) is 4.45. The van der Waals surface area contributed by atoms with Gasteiger partial charge in [0.25, 0.3) is 0 Å². The van der Waals surface area contributed by atoms with Crippen molar-refractivity contribution >= 4 is 5.78 Å². The first-order valence-electron chi connectivity index (χ1n) is 4.00. The Labute approximate surface area is 79.8 Å². The van der Waals surface area contributed by atoms with Crippen LogP contribution in [-0.2, 0) is 0 Å². The molecule has 0 fully saturated rings. The second-order valence-corrected chi connectivity index (χ2v) is 2.71. The average Bonchev–Trinajstić information content (AvgIpc) is 2.18. The minimum atomic E-state index is -0.755. The number of rotatable bonds is 3. The molecule has 2 nitrogen and oxygen atoms in total. The summed E-state index contributed by atoms with van der Waals surface area (Å²) < 4.78 is 25.6. The standard InChI is InChI=1S/C10H7F2NO/c11-7-3-4-9(12)8(6-7)10(14)2-1-5-13/h3-4,6H,1-2H2. The summed E-state index contributed by atoms with van der Waals surface area (Å²) in [5, 5.41) is 8.22. The number of halogens is 2. The maximum Gasteiger partial charge on any atom is 0.166 e. The minimum absolute atomic E-state index is 0.00872. The van der Waals surface area contributed by atoms with E-state index in [-0.39, 0.29) is 18.4 Å². The van der Waals surface area contributed by atoms with Crippen LogP contribution in [0.4, 0.5) is 8.78 Å². The van der Waals surface area contributed by atoms with Crippen LogP contribution in [0, 0.1) is 23.0 Å². The topological polar surface area (TPSA) is 40.9 Å². The molecule has 0 N–H and O–H groups in total. The zero-order valence-electron chi connectivity index (χ0n) is 7.26. The lowest BCUT2D eigenvalue weighted by molar-refractivity contribution is 0.0979. The van der Waals surface area contributed by atoms with E-state index in [9.17, 15) is 13.6 Å². The number of benzene rings is 1. The van der Waals surface area contributed by atoms with Crippen molar-refractivity contribution in [1.29, 1.82) is 5.26 Å². The van der Waals surface area contributed by atoms with Crippen LogP contribution >= 0.6 is 0 Å². The molecule has 0 aromatic heterocycles. The van der Waals surface area contributed by atoms with Gasteiger partial charge in [-0.05, 0) is 18.2 Å².